The van der Waals surface area contributed by atoms with Gasteiger partial charge in [0.05, 0.1) is 28.4 Å². The highest BCUT2D eigenvalue weighted by atomic mass is 32.2. The molecule has 39 heavy (non-hydrogen) atoms. The number of benzene rings is 2. The first-order valence-corrected chi connectivity index (χ1v) is 14.2. The van der Waals surface area contributed by atoms with Crippen LogP contribution in [-0.2, 0) is 20.0 Å². The molecule has 0 saturated heterocycles. The van der Waals surface area contributed by atoms with Gasteiger partial charge in [-0.2, -0.15) is 5.26 Å². The normalized spacial score (nSPS) is 16.9. The van der Waals surface area contributed by atoms with E-state index >= 15 is 0 Å². The minimum atomic E-state index is -3.34. The van der Waals surface area contributed by atoms with Gasteiger partial charge in [-0.3, -0.25) is 4.90 Å². The maximum atomic E-state index is 13.0. The lowest BCUT2D eigenvalue weighted by atomic mass is 9.83. The number of ether oxygens (including phenoxy) is 1. The predicted octanol–water partition coefficient (Wildman–Crippen LogP) is 4.48. The van der Waals surface area contributed by atoms with Crippen molar-refractivity contribution in [2.45, 2.75) is 50.5 Å². The molecular formula is C28H31N5O5S. The van der Waals surface area contributed by atoms with E-state index in [9.17, 15) is 23.6 Å². The van der Waals surface area contributed by atoms with Crippen molar-refractivity contribution in [3.63, 3.8) is 0 Å². The number of aliphatic hydroxyl groups excluding tert-OH is 1. The Morgan fingerprint density at radius 2 is 1.97 bits per heavy atom. The van der Waals surface area contributed by atoms with Crippen molar-refractivity contribution in [1.82, 2.24) is 9.97 Å². The fourth-order valence-electron chi connectivity index (χ4n) is 4.45. The number of nitriles is 1. The van der Waals surface area contributed by atoms with E-state index in [1.165, 1.54) is 11.0 Å². The Hall–Kier alpha value is -4.01. The molecule has 0 saturated carbocycles. The molecule has 0 aliphatic carbocycles. The summed E-state index contributed by atoms with van der Waals surface area (Å²) in [5.41, 5.74) is 2.26. The summed E-state index contributed by atoms with van der Waals surface area (Å²) < 4.78 is 29.3. The number of carbonyl (C=O) groups excluding carboxylic acids is 1. The number of fused-ring (bicyclic) bond motifs is 1. The van der Waals surface area contributed by atoms with Gasteiger partial charge in [-0.05, 0) is 75.2 Å². The van der Waals surface area contributed by atoms with Gasteiger partial charge in [-0.1, -0.05) is 6.92 Å². The summed E-state index contributed by atoms with van der Waals surface area (Å²) in [6.45, 7) is 8.83. The molecule has 1 unspecified atom stereocenters. The summed E-state index contributed by atoms with van der Waals surface area (Å²) in [5.74, 6) is 0.280. The van der Waals surface area contributed by atoms with E-state index in [4.69, 9.17) is 4.74 Å². The molecule has 0 spiro atoms. The zero-order valence-corrected chi connectivity index (χ0v) is 23.5. The highest BCUT2D eigenvalue weighted by Gasteiger charge is 2.44. The van der Waals surface area contributed by atoms with Gasteiger partial charge in [0.15, 0.2) is 9.84 Å². The van der Waals surface area contributed by atoms with Gasteiger partial charge >= 0.3 is 6.09 Å². The van der Waals surface area contributed by atoms with Gasteiger partial charge in [0.2, 0.25) is 5.95 Å². The van der Waals surface area contributed by atoms with E-state index in [1.54, 1.807) is 58.2 Å². The molecule has 2 heterocycles. The minimum absolute atomic E-state index is 0.158. The van der Waals surface area contributed by atoms with E-state index < -0.39 is 26.9 Å². The Balaban J connectivity index is 1.74. The zero-order valence-electron chi connectivity index (χ0n) is 22.7. The van der Waals surface area contributed by atoms with Crippen molar-refractivity contribution < 1.29 is 23.1 Å². The fourth-order valence-corrected chi connectivity index (χ4v) is 5.15. The molecular weight excluding hydrogens is 518 g/mol. The number of carbonyl (C=O) groups is 1. The van der Waals surface area contributed by atoms with Crippen molar-refractivity contribution in [3.05, 3.63) is 59.3 Å². The third-order valence-electron chi connectivity index (χ3n) is 6.44. The number of hydrogen-bond donors (Lipinski definition) is 2. The molecule has 2 N–H and O–H groups in total. The number of rotatable bonds is 5. The average Bonchev–Trinajstić information content (AvgIpc) is 3.17. The fraction of sp³-hybridized carbons (Fsp3) is 0.357. The number of anilines is 3. The van der Waals surface area contributed by atoms with Crippen LogP contribution >= 0.6 is 0 Å². The molecule has 4 rings (SSSR count). The van der Waals surface area contributed by atoms with Crippen LogP contribution < -0.4 is 10.2 Å². The lowest BCUT2D eigenvalue weighted by Gasteiger charge is -2.26. The van der Waals surface area contributed by atoms with Gasteiger partial charge in [0, 0.05) is 35.7 Å². The largest absolute Gasteiger partial charge is 0.443 e. The molecule has 11 heteroatoms. The van der Waals surface area contributed by atoms with Crippen molar-refractivity contribution >= 4 is 33.3 Å². The monoisotopic (exact) mass is 549 g/mol. The van der Waals surface area contributed by atoms with Gasteiger partial charge in [-0.25, -0.2) is 23.2 Å². The third-order valence-corrected chi connectivity index (χ3v) is 7.55. The number of hydrogen-bond acceptors (Lipinski definition) is 9. The lowest BCUT2D eigenvalue weighted by Crippen LogP contribution is -2.40. The highest BCUT2D eigenvalue weighted by Crippen LogP contribution is 2.45. The van der Waals surface area contributed by atoms with Crippen LogP contribution in [0.15, 0.2) is 47.5 Å². The van der Waals surface area contributed by atoms with Crippen LogP contribution in [0.5, 0.6) is 0 Å². The summed E-state index contributed by atoms with van der Waals surface area (Å²) in [4.78, 5) is 23.5. The molecule has 3 aromatic rings. The van der Waals surface area contributed by atoms with Crippen molar-refractivity contribution in [1.29, 1.82) is 5.26 Å². The topological polar surface area (TPSA) is 146 Å². The predicted molar refractivity (Wildman–Crippen MR) is 148 cm³/mol. The second kappa shape index (κ2) is 9.94. The Bertz CT molecular complexity index is 1610. The zero-order chi connectivity index (χ0) is 28.8. The van der Waals surface area contributed by atoms with Crippen molar-refractivity contribution in [2.75, 3.05) is 29.6 Å². The number of sulfone groups is 1. The first-order valence-electron chi connectivity index (χ1n) is 12.3. The van der Waals surface area contributed by atoms with Crippen LogP contribution in [0, 0.1) is 18.3 Å². The number of aliphatic hydroxyl groups is 1. The number of amides is 1. The highest BCUT2D eigenvalue weighted by molar-refractivity contribution is 7.90. The van der Waals surface area contributed by atoms with Gasteiger partial charge < -0.3 is 15.2 Å². The molecule has 1 amide bonds. The average molecular weight is 550 g/mol. The van der Waals surface area contributed by atoms with Gasteiger partial charge in [-0.15, -0.1) is 0 Å². The van der Waals surface area contributed by atoms with E-state index in [0.29, 0.717) is 33.8 Å². The van der Waals surface area contributed by atoms with Crippen LogP contribution in [0.4, 0.5) is 22.1 Å². The number of aromatic nitrogens is 2. The van der Waals surface area contributed by atoms with Crippen LogP contribution in [0.1, 0.15) is 44.4 Å². The van der Waals surface area contributed by atoms with E-state index in [2.05, 4.69) is 21.4 Å². The molecule has 0 bridgehead atoms. The van der Waals surface area contributed by atoms with E-state index in [0.717, 1.165) is 6.26 Å². The maximum absolute atomic E-state index is 13.0. The van der Waals surface area contributed by atoms with Crippen LogP contribution in [0.3, 0.4) is 0 Å². The summed E-state index contributed by atoms with van der Waals surface area (Å²) in [6, 6.07) is 12.1. The van der Waals surface area contributed by atoms with Crippen molar-refractivity contribution in [2.24, 2.45) is 0 Å². The lowest BCUT2D eigenvalue weighted by molar-refractivity contribution is 0.0575. The molecule has 0 fully saturated rings. The molecule has 1 atom stereocenters. The molecule has 10 nitrogen and oxygen atoms in total. The first-order chi connectivity index (χ1) is 18.1. The summed E-state index contributed by atoms with van der Waals surface area (Å²) in [5, 5.41) is 23.4. The van der Waals surface area contributed by atoms with Crippen LogP contribution in [0.2, 0.25) is 0 Å². The van der Waals surface area contributed by atoms with Gasteiger partial charge in [0.25, 0.3) is 0 Å². The third kappa shape index (κ3) is 5.72. The Morgan fingerprint density at radius 3 is 2.56 bits per heavy atom. The first kappa shape index (κ1) is 28.0. The van der Waals surface area contributed by atoms with Crippen molar-refractivity contribution in [3.8, 4) is 17.3 Å². The molecule has 1 aliphatic heterocycles. The molecule has 0 radical (unpaired) electrons. The standard InChI is InChI=1S/C28H31N5O5S/c1-17-11-20(39(6,36)37)7-8-22(17)31-25-30-10-9-23(32-25)18-12-19(14-29)24-21(13-18)28(5,16-34)15-33(24)26(35)38-27(2,3)4/h7-13,34H,15-16H2,1-6H3,(H,30,31,32). The molecule has 2 aromatic carbocycles. The second-order valence-electron chi connectivity index (χ2n) is 11.0. The quantitative estimate of drug-likeness (QED) is 0.470. The summed E-state index contributed by atoms with van der Waals surface area (Å²) in [7, 11) is -3.34. The second-order valence-corrected chi connectivity index (χ2v) is 13.0. The minimum Gasteiger partial charge on any atom is -0.443 e. The molecule has 1 aromatic heterocycles. The van der Waals surface area contributed by atoms with Gasteiger partial charge in [0.1, 0.15) is 11.7 Å². The number of nitrogens with zero attached hydrogens (tertiary/aromatic N) is 4. The van der Waals surface area contributed by atoms with E-state index in [-0.39, 0.29) is 29.6 Å². The summed E-state index contributed by atoms with van der Waals surface area (Å²) >= 11 is 0. The smallest absolute Gasteiger partial charge is 0.414 e. The number of nitrogens with one attached hydrogen (secondary N) is 1. The maximum Gasteiger partial charge on any atom is 0.414 e. The van der Waals surface area contributed by atoms with Crippen LogP contribution in [0.25, 0.3) is 11.3 Å². The Labute approximate surface area is 228 Å². The van der Waals surface area contributed by atoms with Crippen LogP contribution in [-0.4, -0.2) is 54.6 Å². The number of aryl methyl sites for hydroxylation is 1. The summed E-state index contributed by atoms with van der Waals surface area (Å²) in [6.07, 6.45) is 2.14. The molecule has 1 aliphatic rings. The Kier molecular flexibility index (Phi) is 7.14. The Morgan fingerprint density at radius 1 is 1.26 bits per heavy atom. The molecule has 204 valence electrons. The SMILES string of the molecule is Cc1cc(S(C)(=O)=O)ccc1Nc1nccc(-c2cc(C#N)c3c(c2)C(C)(CO)CN3C(=O)OC(C)(C)C)n1. The van der Waals surface area contributed by atoms with E-state index in [1.807, 2.05) is 13.0 Å².